The Morgan fingerprint density at radius 3 is 2.55 bits per heavy atom. The second-order valence-corrected chi connectivity index (χ2v) is 6.36. The summed E-state index contributed by atoms with van der Waals surface area (Å²) in [7, 11) is 0. The summed E-state index contributed by atoms with van der Waals surface area (Å²) in [6, 6.07) is 11.9. The number of nitrogens with one attached hydrogen (secondary N) is 2. The number of urea groups is 1. The molecule has 1 aromatic carbocycles. The van der Waals surface area contributed by atoms with Crippen LogP contribution in [0.25, 0.3) is 0 Å². The van der Waals surface area contributed by atoms with Crippen LogP contribution in [0.1, 0.15) is 33.8 Å². The number of thiophene rings is 1. The highest BCUT2D eigenvalue weighted by atomic mass is 32.1. The number of aryl methyl sites for hydroxylation is 2. The van der Waals surface area contributed by atoms with Crippen molar-refractivity contribution in [2.75, 3.05) is 0 Å². The molecule has 0 saturated carbocycles. The van der Waals surface area contributed by atoms with Crippen LogP contribution >= 0.6 is 11.3 Å². The lowest BCUT2D eigenvalue weighted by Crippen LogP contribution is -2.36. The Labute approximate surface area is 124 Å². The molecule has 20 heavy (non-hydrogen) atoms. The van der Waals surface area contributed by atoms with Crippen molar-refractivity contribution in [2.45, 2.75) is 33.4 Å². The van der Waals surface area contributed by atoms with E-state index in [4.69, 9.17) is 0 Å². The maximum atomic E-state index is 11.9. The van der Waals surface area contributed by atoms with Crippen molar-refractivity contribution in [1.29, 1.82) is 0 Å². The fourth-order valence-electron chi connectivity index (χ4n) is 2.18. The predicted octanol–water partition coefficient (Wildman–Crippen LogP) is 3.93. The largest absolute Gasteiger partial charge is 0.334 e. The van der Waals surface area contributed by atoms with E-state index in [1.165, 1.54) is 15.3 Å². The zero-order valence-electron chi connectivity index (χ0n) is 12.1. The molecule has 4 heteroatoms. The highest BCUT2D eigenvalue weighted by Gasteiger charge is 2.13. The van der Waals surface area contributed by atoms with Crippen molar-refractivity contribution in [1.82, 2.24) is 10.6 Å². The third kappa shape index (κ3) is 3.84. The minimum atomic E-state index is -0.135. The van der Waals surface area contributed by atoms with E-state index in [0.29, 0.717) is 6.54 Å². The van der Waals surface area contributed by atoms with E-state index in [9.17, 15) is 4.79 Å². The summed E-state index contributed by atoms with van der Waals surface area (Å²) in [5, 5.41) is 5.86. The lowest BCUT2D eigenvalue weighted by Gasteiger charge is -2.14. The SMILES string of the molecule is Cc1cc(C(C)NC(=O)NCc2ccccc2)c(C)s1. The zero-order valence-corrected chi connectivity index (χ0v) is 12.9. The van der Waals surface area contributed by atoms with Crippen molar-refractivity contribution < 1.29 is 4.79 Å². The molecule has 0 aliphatic carbocycles. The van der Waals surface area contributed by atoms with Gasteiger partial charge in [-0.05, 0) is 38.0 Å². The minimum Gasteiger partial charge on any atom is -0.334 e. The van der Waals surface area contributed by atoms with Gasteiger partial charge in [0.05, 0.1) is 6.04 Å². The van der Waals surface area contributed by atoms with E-state index in [0.717, 1.165) is 5.56 Å². The van der Waals surface area contributed by atoms with E-state index >= 15 is 0 Å². The van der Waals surface area contributed by atoms with Crippen LogP contribution in [0.5, 0.6) is 0 Å². The topological polar surface area (TPSA) is 41.1 Å². The molecular formula is C16H20N2OS. The molecule has 0 radical (unpaired) electrons. The van der Waals surface area contributed by atoms with E-state index in [2.05, 4.69) is 30.5 Å². The van der Waals surface area contributed by atoms with E-state index in [1.807, 2.05) is 37.3 Å². The molecule has 1 aromatic heterocycles. The summed E-state index contributed by atoms with van der Waals surface area (Å²) in [4.78, 5) is 14.4. The summed E-state index contributed by atoms with van der Waals surface area (Å²) >= 11 is 1.76. The summed E-state index contributed by atoms with van der Waals surface area (Å²) in [6.45, 7) is 6.73. The van der Waals surface area contributed by atoms with Gasteiger partial charge in [0.1, 0.15) is 0 Å². The number of carbonyl (C=O) groups excluding carboxylic acids is 1. The zero-order chi connectivity index (χ0) is 14.5. The molecule has 0 spiro atoms. The molecule has 0 saturated heterocycles. The van der Waals surface area contributed by atoms with Gasteiger partial charge in [0.2, 0.25) is 0 Å². The van der Waals surface area contributed by atoms with Crippen LogP contribution in [0.15, 0.2) is 36.4 Å². The average Bonchev–Trinajstić information content (AvgIpc) is 2.77. The van der Waals surface area contributed by atoms with Crippen molar-refractivity contribution in [3.63, 3.8) is 0 Å². The molecule has 2 aromatic rings. The predicted molar refractivity (Wildman–Crippen MR) is 84.0 cm³/mol. The first-order chi connectivity index (χ1) is 9.56. The molecular weight excluding hydrogens is 268 g/mol. The summed E-state index contributed by atoms with van der Waals surface area (Å²) in [5.74, 6) is 0. The van der Waals surface area contributed by atoms with Gasteiger partial charge in [-0.25, -0.2) is 4.79 Å². The molecule has 0 bridgehead atoms. The maximum absolute atomic E-state index is 11.9. The lowest BCUT2D eigenvalue weighted by atomic mass is 10.1. The van der Waals surface area contributed by atoms with Crippen molar-refractivity contribution in [3.05, 3.63) is 57.3 Å². The second kappa shape index (κ2) is 6.57. The number of carbonyl (C=O) groups is 1. The molecule has 3 nitrogen and oxygen atoms in total. The Kier molecular flexibility index (Phi) is 4.79. The van der Waals surface area contributed by atoms with Crippen molar-refractivity contribution in [2.24, 2.45) is 0 Å². The number of hydrogen-bond donors (Lipinski definition) is 2. The van der Waals surface area contributed by atoms with Crippen LogP contribution in [-0.4, -0.2) is 6.03 Å². The number of benzene rings is 1. The first-order valence-corrected chi connectivity index (χ1v) is 7.53. The Balaban J connectivity index is 1.87. The lowest BCUT2D eigenvalue weighted by molar-refractivity contribution is 0.237. The van der Waals surface area contributed by atoms with Crippen molar-refractivity contribution >= 4 is 17.4 Å². The van der Waals surface area contributed by atoms with E-state index in [1.54, 1.807) is 11.3 Å². The summed E-state index contributed by atoms with van der Waals surface area (Å²) in [5.41, 5.74) is 2.29. The first-order valence-electron chi connectivity index (χ1n) is 6.71. The van der Waals surface area contributed by atoms with E-state index in [-0.39, 0.29) is 12.1 Å². The van der Waals surface area contributed by atoms with Gasteiger partial charge in [-0.1, -0.05) is 30.3 Å². The molecule has 0 aliphatic rings. The van der Waals surface area contributed by atoms with Gasteiger partial charge in [0, 0.05) is 16.3 Å². The fraction of sp³-hybridized carbons (Fsp3) is 0.312. The summed E-state index contributed by atoms with van der Waals surface area (Å²) in [6.07, 6.45) is 0. The van der Waals surface area contributed by atoms with Crippen molar-refractivity contribution in [3.8, 4) is 0 Å². The minimum absolute atomic E-state index is 0.0238. The van der Waals surface area contributed by atoms with E-state index < -0.39 is 0 Å². The fourth-order valence-corrected chi connectivity index (χ4v) is 3.21. The van der Waals surface area contributed by atoms with Gasteiger partial charge >= 0.3 is 6.03 Å². The van der Waals surface area contributed by atoms with Crippen LogP contribution in [0.2, 0.25) is 0 Å². The Hall–Kier alpha value is -1.81. The van der Waals surface area contributed by atoms with Crippen LogP contribution in [0.4, 0.5) is 4.79 Å². The number of amides is 2. The summed E-state index contributed by atoms with van der Waals surface area (Å²) < 4.78 is 0. The van der Waals surface area contributed by atoms with Crippen LogP contribution < -0.4 is 10.6 Å². The standard InChI is InChI=1S/C16H20N2OS/c1-11-9-15(13(3)20-11)12(2)18-16(19)17-10-14-7-5-4-6-8-14/h4-9,12H,10H2,1-3H3,(H2,17,18,19). The Morgan fingerprint density at radius 2 is 1.95 bits per heavy atom. The molecule has 1 unspecified atom stereocenters. The first kappa shape index (κ1) is 14.6. The normalized spacial score (nSPS) is 11.9. The van der Waals surface area contributed by atoms with Crippen LogP contribution in [0, 0.1) is 13.8 Å². The third-order valence-corrected chi connectivity index (χ3v) is 4.17. The molecule has 0 fully saturated rings. The Bertz CT molecular complexity index is 577. The highest BCUT2D eigenvalue weighted by Crippen LogP contribution is 2.25. The molecule has 2 rings (SSSR count). The number of rotatable bonds is 4. The van der Waals surface area contributed by atoms with Gasteiger partial charge in [0.15, 0.2) is 0 Å². The van der Waals surface area contributed by atoms with Crippen LogP contribution in [0.3, 0.4) is 0 Å². The molecule has 1 atom stereocenters. The van der Waals surface area contributed by atoms with Gasteiger partial charge in [-0.3, -0.25) is 0 Å². The maximum Gasteiger partial charge on any atom is 0.315 e. The van der Waals surface area contributed by atoms with Gasteiger partial charge in [-0.15, -0.1) is 11.3 Å². The quantitative estimate of drug-likeness (QED) is 0.879. The van der Waals surface area contributed by atoms with Gasteiger partial charge in [-0.2, -0.15) is 0 Å². The second-order valence-electron chi connectivity index (χ2n) is 4.90. The van der Waals surface area contributed by atoms with Gasteiger partial charge in [0.25, 0.3) is 0 Å². The highest BCUT2D eigenvalue weighted by molar-refractivity contribution is 7.12. The van der Waals surface area contributed by atoms with Crippen LogP contribution in [-0.2, 0) is 6.54 Å². The van der Waals surface area contributed by atoms with Gasteiger partial charge < -0.3 is 10.6 Å². The molecule has 0 aliphatic heterocycles. The molecule has 2 N–H and O–H groups in total. The monoisotopic (exact) mass is 288 g/mol. The average molecular weight is 288 g/mol. The molecule has 1 heterocycles. The molecule has 2 amide bonds. The Morgan fingerprint density at radius 1 is 1.25 bits per heavy atom. The molecule has 106 valence electrons. The third-order valence-electron chi connectivity index (χ3n) is 3.19. The number of hydrogen-bond acceptors (Lipinski definition) is 2. The smallest absolute Gasteiger partial charge is 0.315 e.